The van der Waals surface area contributed by atoms with E-state index in [-0.39, 0.29) is 4.90 Å². The van der Waals surface area contributed by atoms with Crippen LogP contribution >= 0.6 is 0 Å². The molecule has 1 aromatic rings. The van der Waals surface area contributed by atoms with Gasteiger partial charge in [0.2, 0.25) is 10.0 Å². The molecular formula is C12H17FN2O3S. The second kappa shape index (κ2) is 5.16. The molecule has 0 aromatic heterocycles. The molecule has 5 nitrogen and oxygen atoms in total. The van der Waals surface area contributed by atoms with Crippen molar-refractivity contribution in [2.75, 3.05) is 20.1 Å². The fraction of sp³-hybridized carbons (Fsp3) is 0.500. The maximum atomic E-state index is 13.7. The van der Waals surface area contributed by atoms with E-state index < -0.39 is 28.0 Å². The zero-order valence-corrected chi connectivity index (χ0v) is 11.6. The number of nitrogens with one attached hydrogen (secondary N) is 1. The summed E-state index contributed by atoms with van der Waals surface area (Å²) >= 11 is 0. The molecule has 1 aliphatic rings. The van der Waals surface area contributed by atoms with Gasteiger partial charge in [0.25, 0.3) is 0 Å². The number of halogens is 1. The number of sulfonamides is 1. The van der Waals surface area contributed by atoms with Gasteiger partial charge in [0.15, 0.2) is 0 Å². The molecule has 0 bridgehead atoms. The second-order valence-corrected chi connectivity index (χ2v) is 6.71. The Kier molecular flexibility index (Phi) is 3.91. The Hall–Kier alpha value is -1.02. The number of hydrogen-bond acceptors (Lipinski definition) is 4. The molecule has 2 atom stereocenters. The van der Waals surface area contributed by atoms with Crippen molar-refractivity contribution in [1.29, 1.82) is 0 Å². The van der Waals surface area contributed by atoms with Crippen molar-refractivity contribution >= 4 is 10.0 Å². The van der Waals surface area contributed by atoms with E-state index in [1.54, 1.807) is 6.92 Å². The molecule has 1 fully saturated rings. The number of hydrogen-bond donors (Lipinski definition) is 2. The molecule has 0 amide bonds. The van der Waals surface area contributed by atoms with Crippen molar-refractivity contribution in [2.24, 2.45) is 0 Å². The van der Waals surface area contributed by atoms with Gasteiger partial charge in [0.05, 0.1) is 12.1 Å². The Morgan fingerprint density at radius 1 is 1.42 bits per heavy atom. The van der Waals surface area contributed by atoms with E-state index in [4.69, 9.17) is 0 Å². The highest BCUT2D eigenvalue weighted by Crippen LogP contribution is 2.23. The number of nitrogens with zero attached hydrogens (tertiary/aromatic N) is 1. The first-order valence-electron chi connectivity index (χ1n) is 5.97. The lowest BCUT2D eigenvalue weighted by Crippen LogP contribution is -2.44. The predicted octanol–water partition coefficient (Wildman–Crippen LogP) is 0.0873. The molecule has 0 unspecified atom stereocenters. The first-order chi connectivity index (χ1) is 8.84. The van der Waals surface area contributed by atoms with Crippen molar-refractivity contribution in [3.63, 3.8) is 0 Å². The van der Waals surface area contributed by atoms with E-state index in [9.17, 15) is 17.9 Å². The highest BCUT2D eigenvalue weighted by molar-refractivity contribution is 7.89. The molecule has 0 radical (unpaired) electrons. The van der Waals surface area contributed by atoms with Crippen LogP contribution in [-0.4, -0.2) is 50.1 Å². The van der Waals surface area contributed by atoms with Crippen LogP contribution in [0.2, 0.25) is 0 Å². The highest BCUT2D eigenvalue weighted by Gasteiger charge is 2.36. The topological polar surface area (TPSA) is 69.6 Å². The van der Waals surface area contributed by atoms with Crippen LogP contribution in [0, 0.1) is 12.7 Å². The Morgan fingerprint density at radius 3 is 2.68 bits per heavy atom. The molecule has 7 heteroatoms. The summed E-state index contributed by atoms with van der Waals surface area (Å²) in [5, 5.41) is 12.6. The van der Waals surface area contributed by atoms with Crippen molar-refractivity contribution < 1.29 is 17.9 Å². The SMILES string of the molecule is Cc1ccc(F)c(S(=O)(=O)N(C)[C@@H]2CNC[C@H]2O)c1. The van der Waals surface area contributed by atoms with Gasteiger partial charge < -0.3 is 10.4 Å². The molecular weight excluding hydrogens is 271 g/mol. The first-order valence-corrected chi connectivity index (χ1v) is 7.41. The monoisotopic (exact) mass is 288 g/mol. The highest BCUT2D eigenvalue weighted by atomic mass is 32.2. The predicted molar refractivity (Wildman–Crippen MR) is 68.8 cm³/mol. The minimum absolute atomic E-state index is 0.334. The molecule has 1 aromatic carbocycles. The van der Waals surface area contributed by atoms with Gasteiger partial charge in [-0.1, -0.05) is 6.07 Å². The molecule has 1 heterocycles. The number of aliphatic hydroxyl groups is 1. The van der Waals surface area contributed by atoms with E-state index in [0.29, 0.717) is 18.7 Å². The largest absolute Gasteiger partial charge is 0.390 e. The van der Waals surface area contributed by atoms with Crippen LogP contribution in [0.3, 0.4) is 0 Å². The maximum Gasteiger partial charge on any atom is 0.246 e. The van der Waals surface area contributed by atoms with Crippen molar-refractivity contribution in [2.45, 2.75) is 24.0 Å². The van der Waals surface area contributed by atoms with E-state index in [1.807, 2.05) is 0 Å². The molecule has 2 rings (SSSR count). The van der Waals surface area contributed by atoms with Crippen LogP contribution in [0.4, 0.5) is 4.39 Å². The third-order valence-corrected chi connectivity index (χ3v) is 5.26. The lowest BCUT2D eigenvalue weighted by Gasteiger charge is -2.25. The van der Waals surface area contributed by atoms with Gasteiger partial charge in [-0.2, -0.15) is 4.31 Å². The average molecular weight is 288 g/mol. The molecule has 1 aliphatic heterocycles. The van der Waals surface area contributed by atoms with Crippen molar-refractivity contribution in [1.82, 2.24) is 9.62 Å². The third-order valence-electron chi connectivity index (χ3n) is 3.36. The van der Waals surface area contributed by atoms with Gasteiger partial charge in [-0.3, -0.25) is 0 Å². The number of aliphatic hydroxyl groups excluding tert-OH is 1. The summed E-state index contributed by atoms with van der Waals surface area (Å²) in [5.74, 6) is -0.780. The van der Waals surface area contributed by atoms with Crippen LogP contribution in [0.5, 0.6) is 0 Å². The Labute approximate surface area is 112 Å². The Balaban J connectivity index is 2.39. The van der Waals surface area contributed by atoms with Gasteiger partial charge in [0.1, 0.15) is 10.7 Å². The molecule has 0 saturated carbocycles. The average Bonchev–Trinajstić information content (AvgIpc) is 2.77. The van der Waals surface area contributed by atoms with Crippen LogP contribution in [0.1, 0.15) is 5.56 Å². The molecule has 1 saturated heterocycles. The minimum Gasteiger partial charge on any atom is -0.390 e. The van der Waals surface area contributed by atoms with Crippen molar-refractivity contribution in [3.05, 3.63) is 29.6 Å². The molecule has 19 heavy (non-hydrogen) atoms. The Morgan fingerprint density at radius 2 is 2.11 bits per heavy atom. The lowest BCUT2D eigenvalue weighted by atomic mass is 10.2. The summed E-state index contributed by atoms with van der Waals surface area (Å²) in [6.45, 7) is 2.38. The summed E-state index contributed by atoms with van der Waals surface area (Å²) in [7, 11) is -2.59. The number of aryl methyl sites for hydroxylation is 1. The van der Waals surface area contributed by atoms with Crippen LogP contribution in [0.15, 0.2) is 23.1 Å². The lowest BCUT2D eigenvalue weighted by molar-refractivity contribution is 0.136. The second-order valence-electron chi connectivity index (χ2n) is 4.75. The Bertz CT molecular complexity index is 576. The van der Waals surface area contributed by atoms with E-state index >= 15 is 0 Å². The standard InChI is InChI=1S/C12H17FN2O3S/c1-8-3-4-9(13)12(5-8)19(17,18)15(2)10-6-14-7-11(10)16/h3-5,10-11,14,16H,6-7H2,1-2H3/t10-,11-/m1/s1. The van der Waals surface area contributed by atoms with Crippen LogP contribution < -0.4 is 5.32 Å². The van der Waals surface area contributed by atoms with Gasteiger partial charge in [-0.25, -0.2) is 12.8 Å². The third kappa shape index (κ3) is 2.64. The minimum atomic E-state index is -3.95. The number of benzene rings is 1. The molecule has 0 spiro atoms. The zero-order valence-electron chi connectivity index (χ0n) is 10.8. The van der Waals surface area contributed by atoms with Gasteiger partial charge >= 0.3 is 0 Å². The summed E-state index contributed by atoms with van der Waals surface area (Å²) in [6, 6.07) is 3.38. The molecule has 106 valence electrons. The van der Waals surface area contributed by atoms with Crippen molar-refractivity contribution in [3.8, 4) is 0 Å². The fourth-order valence-corrected chi connectivity index (χ4v) is 3.69. The number of β-amino-alcohol motifs (C(OH)–C–C–N with tert-alkyl or cyclic N) is 1. The van der Waals surface area contributed by atoms with Crippen LogP contribution in [0.25, 0.3) is 0 Å². The quantitative estimate of drug-likeness (QED) is 0.827. The smallest absolute Gasteiger partial charge is 0.246 e. The first kappa shape index (κ1) is 14.4. The van der Waals surface area contributed by atoms with Gasteiger partial charge in [0, 0.05) is 20.1 Å². The van der Waals surface area contributed by atoms with E-state index in [1.165, 1.54) is 19.2 Å². The summed E-state index contributed by atoms with van der Waals surface area (Å²) < 4.78 is 39.5. The number of rotatable bonds is 3. The van der Waals surface area contributed by atoms with E-state index in [2.05, 4.69) is 5.32 Å². The zero-order chi connectivity index (χ0) is 14.2. The van der Waals surface area contributed by atoms with Gasteiger partial charge in [-0.15, -0.1) is 0 Å². The maximum absolute atomic E-state index is 13.7. The molecule has 0 aliphatic carbocycles. The summed E-state index contributed by atoms with van der Waals surface area (Å²) in [5.41, 5.74) is 0.665. The molecule has 2 N–H and O–H groups in total. The normalized spacial score (nSPS) is 24.1. The van der Waals surface area contributed by atoms with Gasteiger partial charge in [-0.05, 0) is 24.6 Å². The summed E-state index contributed by atoms with van der Waals surface area (Å²) in [6.07, 6.45) is -0.785. The van der Waals surface area contributed by atoms with E-state index in [0.717, 1.165) is 10.4 Å². The number of likely N-dealkylation sites (N-methyl/N-ethyl adjacent to an activating group) is 1. The van der Waals surface area contributed by atoms with Crippen LogP contribution in [-0.2, 0) is 10.0 Å². The summed E-state index contributed by atoms with van der Waals surface area (Å²) in [4.78, 5) is -0.353. The fourth-order valence-electron chi connectivity index (χ4n) is 2.16.